The molecule has 1 saturated heterocycles. The zero-order chi connectivity index (χ0) is 15.7. The molecule has 1 fully saturated rings. The fraction of sp³-hybridized carbons (Fsp3) is 0.353. The monoisotopic (exact) mass is 297 g/mol. The Balaban J connectivity index is 1.71. The summed E-state index contributed by atoms with van der Waals surface area (Å²) in [6, 6.07) is 11.7. The number of amides is 1. The normalized spacial score (nSPS) is 18.0. The highest BCUT2D eigenvalue weighted by Crippen LogP contribution is 2.22. The Bertz CT molecular complexity index is 706. The van der Waals surface area contributed by atoms with Crippen molar-refractivity contribution in [2.45, 2.75) is 26.8 Å². The summed E-state index contributed by atoms with van der Waals surface area (Å²) in [5, 5.41) is 4.23. The second-order valence-electron chi connectivity index (χ2n) is 5.84. The minimum Gasteiger partial charge on any atom is -0.338 e. The topological polar surface area (TPSA) is 55.2 Å². The van der Waals surface area contributed by atoms with E-state index in [4.69, 9.17) is 0 Å². The minimum atomic E-state index is -0.311. The molecule has 0 spiro atoms. The Hall–Kier alpha value is -2.43. The molecule has 22 heavy (non-hydrogen) atoms. The lowest BCUT2D eigenvalue weighted by Crippen LogP contribution is -2.28. The molecule has 2 heterocycles. The van der Waals surface area contributed by atoms with Crippen LogP contribution in [0.4, 0.5) is 0 Å². The number of aromatic nitrogens is 2. The fourth-order valence-corrected chi connectivity index (χ4v) is 2.92. The molecule has 0 saturated carbocycles. The highest BCUT2D eigenvalue weighted by Gasteiger charge is 2.35. The van der Waals surface area contributed by atoms with Crippen molar-refractivity contribution < 1.29 is 9.59 Å². The van der Waals surface area contributed by atoms with Gasteiger partial charge in [-0.2, -0.15) is 5.10 Å². The first-order chi connectivity index (χ1) is 10.5. The van der Waals surface area contributed by atoms with Gasteiger partial charge >= 0.3 is 0 Å². The first-order valence-electron chi connectivity index (χ1n) is 7.44. The molecule has 1 aliphatic heterocycles. The van der Waals surface area contributed by atoms with Gasteiger partial charge in [-0.05, 0) is 25.5 Å². The summed E-state index contributed by atoms with van der Waals surface area (Å²) in [7, 11) is 0. The SMILES string of the molecule is Cc1cc(C)n(C(=O)C2CC(=O)N(Cc3ccccc3)C2)n1. The van der Waals surface area contributed by atoms with Crippen molar-refractivity contribution in [3.63, 3.8) is 0 Å². The molecular formula is C17H19N3O2. The van der Waals surface area contributed by atoms with E-state index in [2.05, 4.69) is 5.10 Å². The van der Waals surface area contributed by atoms with Crippen LogP contribution in [0.1, 0.15) is 28.2 Å². The number of benzene rings is 1. The fourth-order valence-electron chi connectivity index (χ4n) is 2.92. The summed E-state index contributed by atoms with van der Waals surface area (Å²) >= 11 is 0. The molecule has 5 heteroatoms. The van der Waals surface area contributed by atoms with Crippen LogP contribution in [0.15, 0.2) is 36.4 Å². The van der Waals surface area contributed by atoms with Crippen LogP contribution >= 0.6 is 0 Å². The maximum Gasteiger partial charge on any atom is 0.252 e. The number of hydrogen-bond acceptors (Lipinski definition) is 3. The molecule has 114 valence electrons. The van der Waals surface area contributed by atoms with E-state index >= 15 is 0 Å². The minimum absolute atomic E-state index is 0.0312. The molecule has 2 aromatic rings. The number of carbonyl (C=O) groups excluding carboxylic acids is 2. The summed E-state index contributed by atoms with van der Waals surface area (Å²) in [5.41, 5.74) is 2.71. The molecule has 0 radical (unpaired) electrons. The molecule has 1 aliphatic rings. The van der Waals surface area contributed by atoms with E-state index in [1.807, 2.05) is 50.2 Å². The van der Waals surface area contributed by atoms with Crippen LogP contribution in [-0.4, -0.2) is 33.0 Å². The second-order valence-corrected chi connectivity index (χ2v) is 5.84. The average molecular weight is 297 g/mol. The van der Waals surface area contributed by atoms with E-state index in [1.54, 1.807) is 4.90 Å². The summed E-state index contributed by atoms with van der Waals surface area (Å²) < 4.78 is 1.43. The van der Waals surface area contributed by atoms with Crippen molar-refractivity contribution in [1.82, 2.24) is 14.7 Å². The quantitative estimate of drug-likeness (QED) is 0.872. The smallest absolute Gasteiger partial charge is 0.252 e. The number of aryl methyl sites for hydroxylation is 2. The standard InChI is InChI=1S/C17H19N3O2/c1-12-8-13(2)20(18-12)17(22)15-9-16(21)19(11-15)10-14-6-4-3-5-7-14/h3-8,15H,9-11H2,1-2H3. The van der Waals surface area contributed by atoms with Crippen LogP contribution in [0.25, 0.3) is 0 Å². The van der Waals surface area contributed by atoms with Gasteiger partial charge in [0.2, 0.25) is 5.91 Å². The van der Waals surface area contributed by atoms with Crippen molar-refractivity contribution >= 4 is 11.8 Å². The Morgan fingerprint density at radius 1 is 1.27 bits per heavy atom. The van der Waals surface area contributed by atoms with Gasteiger partial charge in [-0.1, -0.05) is 30.3 Å². The summed E-state index contributed by atoms with van der Waals surface area (Å²) in [5.74, 6) is -0.368. The maximum atomic E-state index is 12.5. The van der Waals surface area contributed by atoms with Gasteiger partial charge in [0.15, 0.2) is 0 Å². The number of nitrogens with zero attached hydrogens (tertiary/aromatic N) is 3. The van der Waals surface area contributed by atoms with Crippen molar-refractivity contribution in [1.29, 1.82) is 0 Å². The van der Waals surface area contributed by atoms with E-state index in [1.165, 1.54) is 4.68 Å². The van der Waals surface area contributed by atoms with Gasteiger partial charge in [0.1, 0.15) is 0 Å². The molecule has 0 N–H and O–H groups in total. The van der Waals surface area contributed by atoms with Crippen molar-refractivity contribution in [3.8, 4) is 0 Å². The van der Waals surface area contributed by atoms with Gasteiger partial charge in [-0.3, -0.25) is 9.59 Å². The van der Waals surface area contributed by atoms with Gasteiger partial charge in [0.05, 0.1) is 11.6 Å². The molecule has 1 aromatic carbocycles. The van der Waals surface area contributed by atoms with E-state index in [0.29, 0.717) is 13.1 Å². The largest absolute Gasteiger partial charge is 0.338 e. The van der Waals surface area contributed by atoms with E-state index in [-0.39, 0.29) is 24.2 Å². The highest BCUT2D eigenvalue weighted by molar-refractivity contribution is 5.90. The molecule has 1 aromatic heterocycles. The third kappa shape index (κ3) is 2.79. The number of hydrogen-bond donors (Lipinski definition) is 0. The van der Waals surface area contributed by atoms with Gasteiger partial charge in [0.25, 0.3) is 5.91 Å². The van der Waals surface area contributed by atoms with E-state index < -0.39 is 0 Å². The predicted octanol–water partition coefficient (Wildman–Crippen LogP) is 2.19. The lowest BCUT2D eigenvalue weighted by atomic mass is 10.1. The van der Waals surface area contributed by atoms with Crippen LogP contribution in [0, 0.1) is 19.8 Å². The Labute approximate surface area is 129 Å². The third-order valence-corrected chi connectivity index (χ3v) is 4.00. The summed E-state index contributed by atoms with van der Waals surface area (Å²) in [6.07, 6.45) is 0.268. The first-order valence-corrected chi connectivity index (χ1v) is 7.44. The summed E-state index contributed by atoms with van der Waals surface area (Å²) in [6.45, 7) is 4.74. The van der Waals surface area contributed by atoms with Crippen LogP contribution in [0.2, 0.25) is 0 Å². The third-order valence-electron chi connectivity index (χ3n) is 4.00. The maximum absolute atomic E-state index is 12.5. The molecule has 0 aliphatic carbocycles. The number of carbonyl (C=O) groups is 2. The van der Waals surface area contributed by atoms with Crippen LogP contribution in [0.3, 0.4) is 0 Å². The van der Waals surface area contributed by atoms with E-state index in [9.17, 15) is 9.59 Å². The van der Waals surface area contributed by atoms with Crippen LogP contribution < -0.4 is 0 Å². The molecule has 3 rings (SSSR count). The number of rotatable bonds is 3. The van der Waals surface area contributed by atoms with E-state index in [0.717, 1.165) is 17.0 Å². The lowest BCUT2D eigenvalue weighted by molar-refractivity contribution is -0.128. The average Bonchev–Trinajstić information content (AvgIpc) is 3.02. The van der Waals surface area contributed by atoms with Crippen molar-refractivity contribution in [2.24, 2.45) is 5.92 Å². The van der Waals surface area contributed by atoms with Crippen LogP contribution in [-0.2, 0) is 11.3 Å². The van der Waals surface area contributed by atoms with Crippen molar-refractivity contribution in [2.75, 3.05) is 6.54 Å². The highest BCUT2D eigenvalue weighted by atomic mass is 16.2. The number of likely N-dealkylation sites (tertiary alicyclic amines) is 1. The molecule has 5 nitrogen and oxygen atoms in total. The molecular weight excluding hydrogens is 278 g/mol. The van der Waals surface area contributed by atoms with Crippen LogP contribution in [0.5, 0.6) is 0 Å². The molecule has 0 bridgehead atoms. The van der Waals surface area contributed by atoms with Crippen molar-refractivity contribution in [3.05, 3.63) is 53.3 Å². The molecule has 1 unspecified atom stereocenters. The Morgan fingerprint density at radius 3 is 2.64 bits per heavy atom. The van der Waals surface area contributed by atoms with Gasteiger partial charge < -0.3 is 4.90 Å². The van der Waals surface area contributed by atoms with Gasteiger partial charge in [-0.25, -0.2) is 4.68 Å². The predicted molar refractivity (Wildman–Crippen MR) is 82.3 cm³/mol. The zero-order valence-corrected chi connectivity index (χ0v) is 12.8. The molecule has 1 amide bonds. The second kappa shape index (κ2) is 5.75. The Kier molecular flexibility index (Phi) is 3.79. The first kappa shape index (κ1) is 14.5. The Morgan fingerprint density at radius 2 is 2.00 bits per heavy atom. The van der Waals surface area contributed by atoms with Gasteiger partial charge in [-0.15, -0.1) is 0 Å². The molecule has 1 atom stereocenters. The van der Waals surface area contributed by atoms with Gasteiger partial charge in [0, 0.05) is 25.2 Å². The summed E-state index contributed by atoms with van der Waals surface area (Å²) in [4.78, 5) is 26.5. The lowest BCUT2D eigenvalue weighted by Gasteiger charge is -2.16. The zero-order valence-electron chi connectivity index (χ0n) is 12.8.